The zero-order valence-electron chi connectivity index (χ0n) is 9.64. The minimum atomic E-state index is -0.502. The van der Waals surface area contributed by atoms with E-state index in [1.807, 2.05) is 0 Å². The molecular formula is C10H11ClN4O2S. The highest BCUT2D eigenvalue weighted by Gasteiger charge is 2.14. The van der Waals surface area contributed by atoms with Crippen molar-refractivity contribution in [2.75, 3.05) is 0 Å². The molecule has 0 bridgehead atoms. The van der Waals surface area contributed by atoms with Crippen LogP contribution < -0.4 is 0 Å². The number of H-pyrrole nitrogens is 1. The Morgan fingerprint density at radius 1 is 1.61 bits per heavy atom. The van der Waals surface area contributed by atoms with Crippen LogP contribution in [0, 0.1) is 0 Å². The third-order valence-corrected chi connectivity index (χ3v) is 3.19. The molecule has 0 spiro atoms. The minimum absolute atomic E-state index is 0.00410. The number of ether oxygens (including phenoxy) is 1. The Bertz CT molecular complexity index is 539. The second kappa shape index (κ2) is 5.92. The molecule has 1 N–H and O–H groups in total. The zero-order valence-corrected chi connectivity index (χ0v) is 11.2. The molecule has 0 radical (unpaired) electrons. The number of aryl methyl sites for hydroxylation is 1. The number of carbonyl (C=O) groups is 1. The Hall–Kier alpha value is -1.47. The first-order valence-electron chi connectivity index (χ1n) is 5.38. The molecule has 2 aromatic heterocycles. The van der Waals surface area contributed by atoms with Crippen LogP contribution in [0.5, 0.6) is 0 Å². The van der Waals surface area contributed by atoms with E-state index < -0.39 is 5.97 Å². The minimum Gasteiger partial charge on any atom is -0.454 e. The van der Waals surface area contributed by atoms with Gasteiger partial charge in [-0.15, -0.1) is 5.10 Å². The van der Waals surface area contributed by atoms with Gasteiger partial charge in [0.25, 0.3) is 0 Å². The summed E-state index contributed by atoms with van der Waals surface area (Å²) in [5.74, 6) is -0.502. The second-order valence-electron chi connectivity index (χ2n) is 3.60. The van der Waals surface area contributed by atoms with Crippen molar-refractivity contribution in [1.82, 2.24) is 19.8 Å². The van der Waals surface area contributed by atoms with Gasteiger partial charge in [0.1, 0.15) is 16.6 Å². The molecule has 2 heterocycles. The molecule has 0 fully saturated rings. The van der Waals surface area contributed by atoms with Crippen LogP contribution >= 0.6 is 23.1 Å². The molecule has 96 valence electrons. The van der Waals surface area contributed by atoms with E-state index in [2.05, 4.69) is 26.7 Å². The maximum Gasteiger partial charge on any atom is 0.359 e. The second-order valence-corrected chi connectivity index (χ2v) is 4.95. The number of rotatable bonds is 5. The van der Waals surface area contributed by atoms with Crippen molar-refractivity contribution in [3.05, 3.63) is 27.5 Å². The lowest BCUT2D eigenvalue weighted by Gasteiger charge is -1.99. The van der Waals surface area contributed by atoms with E-state index in [0.29, 0.717) is 10.0 Å². The van der Waals surface area contributed by atoms with Crippen LogP contribution in [0.2, 0.25) is 4.34 Å². The molecule has 18 heavy (non-hydrogen) atoms. The number of nitrogens with zero attached hydrogens (tertiary/aromatic N) is 3. The quantitative estimate of drug-likeness (QED) is 0.853. The van der Waals surface area contributed by atoms with Crippen molar-refractivity contribution in [2.45, 2.75) is 26.4 Å². The van der Waals surface area contributed by atoms with E-state index >= 15 is 0 Å². The van der Waals surface area contributed by atoms with Gasteiger partial charge in [-0.3, -0.25) is 5.10 Å². The average Bonchev–Trinajstić information content (AvgIpc) is 2.96. The highest BCUT2D eigenvalue weighted by Crippen LogP contribution is 2.18. The fourth-order valence-electron chi connectivity index (χ4n) is 1.35. The lowest BCUT2D eigenvalue weighted by atomic mass is 10.2. The van der Waals surface area contributed by atoms with Crippen LogP contribution in [-0.2, 0) is 17.8 Å². The van der Waals surface area contributed by atoms with Crippen molar-refractivity contribution < 1.29 is 9.53 Å². The summed E-state index contributed by atoms with van der Waals surface area (Å²) in [4.78, 5) is 11.7. The number of halogens is 1. The summed E-state index contributed by atoms with van der Waals surface area (Å²) in [6, 6.07) is 1.69. The van der Waals surface area contributed by atoms with Gasteiger partial charge in [0.15, 0.2) is 5.69 Å². The number of hydrogen-bond acceptors (Lipinski definition) is 6. The Labute approximate surface area is 112 Å². The molecule has 0 atom stereocenters. The first-order chi connectivity index (χ1) is 8.70. The standard InChI is InChI=1S/C10H11ClN4O2S/c1-2-3-6-4-7(13-12-6)10(16)17-5-8-9(11)18-15-14-8/h4H,2-3,5H2,1H3,(H,12,13). The van der Waals surface area contributed by atoms with Crippen molar-refractivity contribution in [3.63, 3.8) is 0 Å². The maximum absolute atomic E-state index is 11.7. The van der Waals surface area contributed by atoms with Gasteiger partial charge in [-0.1, -0.05) is 29.4 Å². The Balaban J connectivity index is 1.93. The molecule has 0 aliphatic carbocycles. The SMILES string of the molecule is CCCc1cc(C(=O)OCc2nnsc2Cl)n[nH]1. The maximum atomic E-state index is 11.7. The van der Waals surface area contributed by atoms with Crippen molar-refractivity contribution in [3.8, 4) is 0 Å². The lowest BCUT2D eigenvalue weighted by Crippen LogP contribution is -2.06. The predicted molar refractivity (Wildman–Crippen MR) is 66.6 cm³/mol. The molecule has 0 saturated carbocycles. The summed E-state index contributed by atoms with van der Waals surface area (Å²) in [5, 5.41) is 10.4. The molecule has 0 saturated heterocycles. The van der Waals surface area contributed by atoms with Crippen LogP contribution in [-0.4, -0.2) is 25.8 Å². The van der Waals surface area contributed by atoms with Crippen LogP contribution in [0.15, 0.2) is 6.07 Å². The van der Waals surface area contributed by atoms with Gasteiger partial charge >= 0.3 is 5.97 Å². The predicted octanol–water partition coefficient (Wildman–Crippen LogP) is 2.22. The van der Waals surface area contributed by atoms with Crippen LogP contribution in [0.25, 0.3) is 0 Å². The molecule has 0 amide bonds. The van der Waals surface area contributed by atoms with Crippen LogP contribution in [0.4, 0.5) is 0 Å². The molecule has 0 aromatic carbocycles. The van der Waals surface area contributed by atoms with E-state index in [1.165, 1.54) is 0 Å². The fraction of sp³-hybridized carbons (Fsp3) is 0.400. The zero-order chi connectivity index (χ0) is 13.0. The number of aromatic nitrogens is 4. The molecule has 0 aliphatic rings. The highest BCUT2D eigenvalue weighted by molar-refractivity contribution is 7.10. The van der Waals surface area contributed by atoms with Gasteiger partial charge in [0.2, 0.25) is 0 Å². The molecule has 2 aromatic rings. The molecule has 6 nitrogen and oxygen atoms in total. The monoisotopic (exact) mass is 286 g/mol. The number of esters is 1. The molecule has 8 heteroatoms. The number of carbonyl (C=O) groups excluding carboxylic acids is 1. The number of hydrogen-bond donors (Lipinski definition) is 1. The van der Waals surface area contributed by atoms with Gasteiger partial charge in [0, 0.05) is 17.2 Å². The van der Waals surface area contributed by atoms with E-state index in [1.54, 1.807) is 6.07 Å². The van der Waals surface area contributed by atoms with Gasteiger partial charge < -0.3 is 4.74 Å². The molecular weight excluding hydrogens is 276 g/mol. The van der Waals surface area contributed by atoms with Crippen molar-refractivity contribution >= 4 is 29.1 Å². The smallest absolute Gasteiger partial charge is 0.359 e. The normalized spacial score (nSPS) is 10.6. The third-order valence-electron chi connectivity index (χ3n) is 2.21. The summed E-state index contributed by atoms with van der Waals surface area (Å²) in [6.07, 6.45) is 1.83. The highest BCUT2D eigenvalue weighted by atomic mass is 35.5. The lowest BCUT2D eigenvalue weighted by molar-refractivity contribution is 0.0461. The van der Waals surface area contributed by atoms with Crippen LogP contribution in [0.1, 0.15) is 35.2 Å². The summed E-state index contributed by atoms with van der Waals surface area (Å²) in [5.41, 5.74) is 1.63. The summed E-state index contributed by atoms with van der Waals surface area (Å²) >= 11 is 6.85. The fourth-order valence-corrected chi connectivity index (χ4v) is 1.96. The summed E-state index contributed by atoms with van der Waals surface area (Å²) in [7, 11) is 0. The van der Waals surface area contributed by atoms with E-state index in [4.69, 9.17) is 16.3 Å². The third kappa shape index (κ3) is 3.05. The van der Waals surface area contributed by atoms with Gasteiger partial charge in [0.05, 0.1) is 0 Å². The van der Waals surface area contributed by atoms with Crippen molar-refractivity contribution in [1.29, 1.82) is 0 Å². The van der Waals surface area contributed by atoms with Gasteiger partial charge in [-0.25, -0.2) is 4.79 Å². The van der Waals surface area contributed by atoms with E-state index in [9.17, 15) is 4.79 Å². The first-order valence-corrected chi connectivity index (χ1v) is 6.54. The summed E-state index contributed by atoms with van der Waals surface area (Å²) in [6.45, 7) is 2.06. The largest absolute Gasteiger partial charge is 0.454 e. The average molecular weight is 287 g/mol. The van der Waals surface area contributed by atoms with E-state index in [0.717, 1.165) is 30.1 Å². The summed E-state index contributed by atoms with van der Waals surface area (Å²) < 4.78 is 9.12. The number of nitrogens with one attached hydrogen (secondary N) is 1. The Morgan fingerprint density at radius 3 is 3.11 bits per heavy atom. The van der Waals surface area contributed by atoms with Crippen molar-refractivity contribution in [2.24, 2.45) is 0 Å². The Morgan fingerprint density at radius 2 is 2.44 bits per heavy atom. The molecule has 0 aliphatic heterocycles. The molecule has 2 rings (SSSR count). The van der Waals surface area contributed by atoms with E-state index in [-0.39, 0.29) is 12.3 Å². The topological polar surface area (TPSA) is 80.8 Å². The Kier molecular flexibility index (Phi) is 4.27. The van der Waals surface area contributed by atoms with Gasteiger partial charge in [-0.05, 0) is 12.5 Å². The number of aromatic amines is 1. The van der Waals surface area contributed by atoms with Crippen LogP contribution in [0.3, 0.4) is 0 Å². The first kappa shape index (κ1) is 13.0. The molecule has 0 unspecified atom stereocenters. The van der Waals surface area contributed by atoms with Gasteiger partial charge in [-0.2, -0.15) is 5.10 Å².